The molecule has 1 heterocycles. The first-order valence-corrected chi connectivity index (χ1v) is 19.5. The molecule has 10 atom stereocenters. The number of amides is 2. The molecule has 1 aromatic carbocycles. The lowest BCUT2D eigenvalue weighted by atomic mass is 9.83. The van der Waals surface area contributed by atoms with Crippen molar-refractivity contribution >= 4 is 23.4 Å². The van der Waals surface area contributed by atoms with E-state index < -0.39 is 36.2 Å². The van der Waals surface area contributed by atoms with Gasteiger partial charge in [-0.3, -0.25) is 24.1 Å². The van der Waals surface area contributed by atoms with E-state index in [9.17, 15) is 24.3 Å². The lowest BCUT2D eigenvalue weighted by molar-refractivity contribution is -0.149. The molecule has 1 aliphatic rings. The lowest BCUT2D eigenvalue weighted by Crippen LogP contribution is -2.54. The number of benzene rings is 1. The van der Waals surface area contributed by atoms with Gasteiger partial charge in [0.15, 0.2) is 5.78 Å². The summed E-state index contributed by atoms with van der Waals surface area (Å²) >= 11 is 0. The quantitative estimate of drug-likeness (QED) is 0.153. The van der Waals surface area contributed by atoms with Crippen LogP contribution < -0.4 is 0 Å². The molecule has 0 spiro atoms. The molecule has 52 heavy (non-hydrogen) atoms. The highest BCUT2D eigenvalue weighted by Gasteiger charge is 2.43. The fraction of sp³-hybridized carbons (Fsp3) is 0.762. The van der Waals surface area contributed by atoms with E-state index in [1.807, 2.05) is 95.8 Å². The number of likely N-dealkylation sites (N-methyl/N-ethyl adjacent to an activating group) is 2. The van der Waals surface area contributed by atoms with Crippen LogP contribution in [-0.4, -0.2) is 115 Å². The van der Waals surface area contributed by atoms with Crippen LogP contribution in [0, 0.1) is 35.5 Å². The third kappa shape index (κ3) is 11.7. The van der Waals surface area contributed by atoms with E-state index in [2.05, 4.69) is 13.8 Å². The molecule has 1 aromatic rings. The highest BCUT2D eigenvalue weighted by molar-refractivity contribution is 5.90. The number of aliphatic hydroxyl groups is 1. The van der Waals surface area contributed by atoms with Crippen LogP contribution >= 0.6 is 0 Å². The zero-order valence-electron chi connectivity index (χ0n) is 34.5. The van der Waals surface area contributed by atoms with Crippen LogP contribution in [0.15, 0.2) is 30.3 Å². The van der Waals surface area contributed by atoms with Crippen molar-refractivity contribution in [2.24, 2.45) is 35.5 Å². The molecule has 1 fully saturated rings. The number of hydrogen-bond acceptors (Lipinski definition) is 8. The van der Waals surface area contributed by atoms with E-state index in [4.69, 9.17) is 9.47 Å². The Hall–Kier alpha value is -2.66. The Kier molecular flexibility index (Phi) is 18.6. The maximum atomic E-state index is 14.3. The highest BCUT2D eigenvalue weighted by Crippen LogP contribution is 2.32. The summed E-state index contributed by atoms with van der Waals surface area (Å²) in [6.07, 6.45) is 0.847. The zero-order chi connectivity index (χ0) is 39.4. The molecule has 0 bridgehead atoms. The molecule has 1 N–H and O–H groups in total. The van der Waals surface area contributed by atoms with Crippen LogP contribution in [0.5, 0.6) is 0 Å². The van der Waals surface area contributed by atoms with E-state index >= 15 is 0 Å². The normalized spacial score (nSPS) is 20.2. The molecule has 2 rings (SSSR count). The molecule has 0 unspecified atom stereocenters. The third-order valence-electron chi connectivity index (χ3n) is 11.6. The summed E-state index contributed by atoms with van der Waals surface area (Å²) in [6.45, 7) is 16.4. The summed E-state index contributed by atoms with van der Waals surface area (Å²) in [5.41, 5.74) is 0.777. The van der Waals surface area contributed by atoms with Crippen LogP contribution in [0.25, 0.3) is 0 Å². The van der Waals surface area contributed by atoms with Gasteiger partial charge in [-0.2, -0.15) is 0 Å². The Morgan fingerprint density at radius 1 is 0.846 bits per heavy atom. The summed E-state index contributed by atoms with van der Waals surface area (Å²) < 4.78 is 12.0. The van der Waals surface area contributed by atoms with Gasteiger partial charge in [0.05, 0.1) is 42.9 Å². The monoisotopic (exact) mass is 730 g/mol. The van der Waals surface area contributed by atoms with Gasteiger partial charge in [0.25, 0.3) is 0 Å². The topological polar surface area (TPSA) is 117 Å². The maximum Gasteiger partial charge on any atom is 0.226 e. The first kappa shape index (κ1) is 45.5. The number of hydrogen-bond donors (Lipinski definition) is 1. The summed E-state index contributed by atoms with van der Waals surface area (Å²) in [5, 5.41) is 10.9. The third-order valence-corrected chi connectivity index (χ3v) is 11.6. The van der Waals surface area contributed by atoms with Gasteiger partial charge in [-0.1, -0.05) is 92.1 Å². The molecule has 0 saturated carbocycles. The van der Waals surface area contributed by atoms with Crippen molar-refractivity contribution in [3.63, 3.8) is 0 Å². The van der Waals surface area contributed by atoms with Crippen molar-refractivity contribution in [1.29, 1.82) is 0 Å². The Bertz CT molecular complexity index is 1260. The van der Waals surface area contributed by atoms with Gasteiger partial charge in [-0.15, -0.1) is 0 Å². The average Bonchev–Trinajstić information content (AvgIpc) is 3.59. The van der Waals surface area contributed by atoms with Gasteiger partial charge in [0.2, 0.25) is 11.8 Å². The fourth-order valence-corrected chi connectivity index (χ4v) is 8.40. The van der Waals surface area contributed by atoms with E-state index in [0.29, 0.717) is 13.0 Å². The van der Waals surface area contributed by atoms with Gasteiger partial charge >= 0.3 is 0 Å². The number of Topliss-reactive ketones (excluding diaryl/α,β-unsaturated/α-hetero) is 2. The number of aliphatic hydroxyl groups excluding tert-OH is 1. The molecular formula is C42H71N3O7. The van der Waals surface area contributed by atoms with Crippen molar-refractivity contribution in [3.8, 4) is 0 Å². The smallest absolute Gasteiger partial charge is 0.226 e. The molecule has 10 nitrogen and oxygen atoms in total. The maximum absolute atomic E-state index is 14.3. The first-order valence-electron chi connectivity index (χ1n) is 19.5. The predicted molar refractivity (Wildman–Crippen MR) is 207 cm³/mol. The highest BCUT2D eigenvalue weighted by atomic mass is 16.5. The number of ether oxygens (including phenoxy) is 2. The van der Waals surface area contributed by atoms with E-state index in [0.717, 1.165) is 18.4 Å². The van der Waals surface area contributed by atoms with E-state index in [-0.39, 0.29) is 78.4 Å². The molecule has 1 saturated heterocycles. The molecule has 10 heteroatoms. The van der Waals surface area contributed by atoms with Gasteiger partial charge in [0.1, 0.15) is 5.78 Å². The molecule has 1 aliphatic heterocycles. The molecule has 2 amide bonds. The Balaban J connectivity index is 2.25. The second kappa shape index (κ2) is 21.3. The van der Waals surface area contributed by atoms with Crippen molar-refractivity contribution in [1.82, 2.24) is 14.7 Å². The van der Waals surface area contributed by atoms with Crippen molar-refractivity contribution in [2.45, 2.75) is 130 Å². The molecule has 0 aromatic heterocycles. The van der Waals surface area contributed by atoms with Gasteiger partial charge in [0, 0.05) is 52.5 Å². The second-order valence-electron chi connectivity index (χ2n) is 16.3. The number of likely N-dealkylation sites (tertiary alicyclic amines) is 1. The van der Waals surface area contributed by atoms with Gasteiger partial charge < -0.3 is 24.4 Å². The number of methoxy groups -OCH3 is 2. The summed E-state index contributed by atoms with van der Waals surface area (Å²) in [6, 6.07) is 8.40. The Labute approximate surface area is 315 Å². The number of ketones is 2. The van der Waals surface area contributed by atoms with Crippen LogP contribution in [0.3, 0.4) is 0 Å². The lowest BCUT2D eigenvalue weighted by Gasteiger charge is -2.41. The van der Waals surface area contributed by atoms with Gasteiger partial charge in [-0.25, -0.2) is 0 Å². The molecule has 0 aliphatic carbocycles. The zero-order valence-corrected chi connectivity index (χ0v) is 34.5. The first-order chi connectivity index (χ1) is 24.4. The van der Waals surface area contributed by atoms with Crippen LogP contribution in [-0.2, 0) is 28.7 Å². The second-order valence-corrected chi connectivity index (χ2v) is 16.3. The van der Waals surface area contributed by atoms with Crippen molar-refractivity contribution < 1.29 is 33.8 Å². The summed E-state index contributed by atoms with van der Waals surface area (Å²) in [5.74, 6) is -1.35. The van der Waals surface area contributed by atoms with Crippen molar-refractivity contribution in [3.05, 3.63) is 35.9 Å². The van der Waals surface area contributed by atoms with E-state index in [1.54, 1.807) is 26.2 Å². The van der Waals surface area contributed by atoms with Crippen LogP contribution in [0.1, 0.15) is 106 Å². The minimum atomic E-state index is -0.761. The largest absolute Gasteiger partial charge is 0.388 e. The fourth-order valence-electron chi connectivity index (χ4n) is 8.40. The number of carbonyl (C=O) groups is 4. The average molecular weight is 730 g/mol. The number of carbonyl (C=O) groups excluding carboxylic acids is 4. The summed E-state index contributed by atoms with van der Waals surface area (Å²) in [4.78, 5) is 61.1. The Morgan fingerprint density at radius 3 is 1.96 bits per heavy atom. The van der Waals surface area contributed by atoms with Crippen LogP contribution in [0.4, 0.5) is 0 Å². The standard InChI is InChI=1S/C42H71N3O7/c1-14-28(6)39(44(11)42(50)32(26(2)3)24-35(47)38(27(4)5)43(9)10)36(51-12)25-37(48)45-22-18-21-33(45)41(52-13)30(8)34(46)23-29(7)40(49)31-19-16-15-17-20-31/h15-17,19-20,26-30,32-33,36,38-41,49H,14,18,21-25H2,1-13H3/t28-,29-,30-,32-,33-,36+,38-,39-,40+,41+/m0/s1. The van der Waals surface area contributed by atoms with E-state index in [1.165, 1.54) is 0 Å². The SMILES string of the molecule is CC[C@H](C)[C@@H]([C@@H](CC(=O)N1CCC[C@H]1[C@H](OC)[C@@H](C)C(=O)C[C@H](C)[C@@H](O)c1ccccc1)OC)N(C)C(=O)[C@@H](CC(=O)[C@H](C(C)C)N(C)C)C(C)C. The summed E-state index contributed by atoms with van der Waals surface area (Å²) in [7, 11) is 8.76. The predicted octanol–water partition coefficient (Wildman–Crippen LogP) is 6.05. The number of rotatable bonds is 22. The Morgan fingerprint density at radius 2 is 1.46 bits per heavy atom. The van der Waals surface area contributed by atoms with Crippen LogP contribution in [0.2, 0.25) is 0 Å². The molecular weight excluding hydrogens is 658 g/mol. The molecule has 296 valence electrons. The number of nitrogens with zero attached hydrogens (tertiary/aromatic N) is 3. The minimum absolute atomic E-state index is 0.0103. The van der Waals surface area contributed by atoms with Gasteiger partial charge in [-0.05, 0) is 56.2 Å². The molecule has 0 radical (unpaired) electrons. The van der Waals surface area contributed by atoms with Crippen molar-refractivity contribution in [2.75, 3.05) is 41.9 Å². The minimum Gasteiger partial charge on any atom is -0.388 e.